The van der Waals surface area contributed by atoms with Crippen molar-refractivity contribution in [2.45, 2.75) is 39.7 Å². The van der Waals surface area contributed by atoms with Crippen LogP contribution in [0.3, 0.4) is 0 Å². The Kier molecular flexibility index (Phi) is 12.6. The largest absolute Gasteiger partial charge is 0.493 e. The van der Waals surface area contributed by atoms with Gasteiger partial charge in [-0.2, -0.15) is 0 Å². The maximum Gasteiger partial charge on any atom is 0.355 e. The van der Waals surface area contributed by atoms with Crippen LogP contribution in [-0.2, 0) is 37.5 Å². The van der Waals surface area contributed by atoms with E-state index in [1.54, 1.807) is 21.3 Å². The van der Waals surface area contributed by atoms with Crippen molar-refractivity contribution in [1.82, 2.24) is 4.57 Å². The first-order valence-electron chi connectivity index (χ1n) is 20.1. The van der Waals surface area contributed by atoms with Gasteiger partial charge >= 0.3 is 5.97 Å². The van der Waals surface area contributed by atoms with Crippen LogP contribution in [0.15, 0.2) is 138 Å². The third-order valence-corrected chi connectivity index (χ3v) is 11.3. The molecule has 0 aliphatic carbocycles. The number of carbonyl (C=O) groups excluding carboxylic acids is 1. The van der Waals surface area contributed by atoms with E-state index < -0.39 is 5.97 Å². The predicted molar refractivity (Wildman–Crippen MR) is 240 cm³/mol. The Morgan fingerprint density at radius 3 is 1.62 bits per heavy atom. The summed E-state index contributed by atoms with van der Waals surface area (Å²) in [4.78, 5) is 14.5. The van der Waals surface area contributed by atoms with Crippen molar-refractivity contribution in [2.24, 2.45) is 0 Å². The molecule has 6 aromatic carbocycles. The van der Waals surface area contributed by atoms with Crippen LogP contribution >= 0.6 is 15.9 Å². The minimum Gasteiger partial charge on any atom is -0.493 e. The highest BCUT2D eigenvalue weighted by molar-refractivity contribution is 9.10. The molecule has 0 atom stereocenters. The molecule has 0 fully saturated rings. The van der Waals surface area contributed by atoms with E-state index in [9.17, 15) is 4.79 Å². The molecule has 7 aromatic rings. The number of benzene rings is 6. The summed E-state index contributed by atoms with van der Waals surface area (Å²) in [6.07, 6.45) is 0.625. The minimum atomic E-state index is -0.451. The quantitative estimate of drug-likeness (QED) is 0.0887. The summed E-state index contributed by atoms with van der Waals surface area (Å²) < 4.78 is 45.6. The second-order valence-corrected chi connectivity index (χ2v) is 15.3. The molecule has 2 heterocycles. The van der Waals surface area contributed by atoms with Crippen LogP contribution in [0.4, 0.5) is 0 Å². The van der Waals surface area contributed by atoms with E-state index in [-0.39, 0.29) is 6.61 Å². The van der Waals surface area contributed by atoms with Crippen LogP contribution in [0.5, 0.6) is 34.5 Å². The first kappa shape index (κ1) is 41.1. The van der Waals surface area contributed by atoms with Crippen molar-refractivity contribution in [2.75, 3.05) is 27.9 Å². The standard InChI is InChI=1S/C51H46BrNO8/c1-5-58-51(54)50-48(39-28-44(57-4)46(29-40(39)52)61-32-35-19-13-8-14-20-35)47(37-21-22-41(42(26-37)55-2)59-30-33-15-9-6-10-16-33)49-38-27-43(56-3)45(25-36(38)23-24-53(49)50)60-31-34-17-11-7-12-18-34/h6-22,25-29H,5,23-24,30-32H2,1-4H3. The highest BCUT2D eigenvalue weighted by Gasteiger charge is 2.35. The zero-order valence-electron chi connectivity index (χ0n) is 34.5. The van der Waals surface area contributed by atoms with Crippen molar-refractivity contribution >= 4 is 21.9 Å². The predicted octanol–water partition coefficient (Wildman–Crippen LogP) is 11.7. The highest BCUT2D eigenvalue weighted by Crippen LogP contribution is 2.53. The van der Waals surface area contributed by atoms with Crippen molar-refractivity contribution < 1.29 is 38.0 Å². The molecule has 0 bridgehead atoms. The first-order chi connectivity index (χ1) is 29.9. The van der Waals surface area contributed by atoms with E-state index in [1.807, 2.05) is 134 Å². The third-order valence-electron chi connectivity index (χ3n) is 10.7. The summed E-state index contributed by atoms with van der Waals surface area (Å²) in [6, 6.07) is 43.7. The molecule has 0 N–H and O–H groups in total. The van der Waals surface area contributed by atoms with Crippen molar-refractivity contribution in [3.05, 3.63) is 166 Å². The van der Waals surface area contributed by atoms with Gasteiger partial charge in [-0.25, -0.2) is 4.79 Å². The van der Waals surface area contributed by atoms with Gasteiger partial charge in [0.05, 0.1) is 33.6 Å². The van der Waals surface area contributed by atoms with E-state index in [4.69, 9.17) is 33.2 Å². The molecule has 0 saturated heterocycles. The van der Waals surface area contributed by atoms with Crippen LogP contribution in [0.2, 0.25) is 0 Å². The smallest absolute Gasteiger partial charge is 0.355 e. The topological polar surface area (TPSA) is 86.6 Å². The average Bonchev–Trinajstić information content (AvgIpc) is 3.65. The van der Waals surface area contributed by atoms with Gasteiger partial charge in [0.15, 0.2) is 34.5 Å². The molecular weight excluding hydrogens is 834 g/mol. The number of fused-ring (bicyclic) bond motifs is 3. The zero-order chi connectivity index (χ0) is 42.3. The molecule has 0 unspecified atom stereocenters. The molecule has 0 saturated carbocycles. The molecule has 61 heavy (non-hydrogen) atoms. The Morgan fingerprint density at radius 2 is 1.08 bits per heavy atom. The number of rotatable bonds is 16. The second-order valence-electron chi connectivity index (χ2n) is 14.4. The Labute approximate surface area is 364 Å². The fourth-order valence-corrected chi connectivity index (χ4v) is 8.28. The molecule has 8 rings (SSSR count). The minimum absolute atomic E-state index is 0.193. The lowest BCUT2D eigenvalue weighted by atomic mass is 9.89. The summed E-state index contributed by atoms with van der Waals surface area (Å²) >= 11 is 3.90. The van der Waals surface area contributed by atoms with Crippen molar-refractivity contribution in [1.29, 1.82) is 0 Å². The summed E-state index contributed by atoms with van der Waals surface area (Å²) in [5, 5.41) is 0. The molecule has 1 aliphatic heterocycles. The number of aromatic nitrogens is 1. The zero-order valence-corrected chi connectivity index (χ0v) is 36.1. The van der Waals surface area contributed by atoms with E-state index in [1.165, 1.54) is 0 Å². The number of hydrogen-bond acceptors (Lipinski definition) is 8. The Morgan fingerprint density at radius 1 is 0.574 bits per heavy atom. The van der Waals surface area contributed by atoms with Gasteiger partial charge in [0.1, 0.15) is 25.5 Å². The number of carbonyl (C=O) groups is 1. The van der Waals surface area contributed by atoms with Gasteiger partial charge in [-0.1, -0.05) is 113 Å². The van der Waals surface area contributed by atoms with E-state index in [0.29, 0.717) is 88.6 Å². The number of hydrogen-bond donors (Lipinski definition) is 0. The van der Waals surface area contributed by atoms with Gasteiger partial charge in [-0.05, 0) is 77.6 Å². The van der Waals surface area contributed by atoms with Gasteiger partial charge in [0.2, 0.25) is 0 Å². The molecular formula is C51H46BrNO8. The van der Waals surface area contributed by atoms with Gasteiger partial charge in [-0.15, -0.1) is 0 Å². The van der Waals surface area contributed by atoms with E-state index in [2.05, 4.69) is 26.6 Å². The molecule has 1 aliphatic rings. The van der Waals surface area contributed by atoms with Crippen LogP contribution < -0.4 is 28.4 Å². The summed E-state index contributed by atoms with van der Waals surface area (Å²) in [5.74, 6) is 2.93. The maximum atomic E-state index is 14.5. The first-order valence-corrected chi connectivity index (χ1v) is 20.9. The van der Waals surface area contributed by atoms with Gasteiger partial charge < -0.3 is 37.7 Å². The molecule has 10 heteroatoms. The highest BCUT2D eigenvalue weighted by atomic mass is 79.9. The van der Waals surface area contributed by atoms with Crippen LogP contribution in [0.25, 0.3) is 33.5 Å². The fraction of sp³-hybridized carbons (Fsp3) is 0.196. The maximum absolute atomic E-state index is 14.5. The van der Waals surface area contributed by atoms with Gasteiger partial charge in [0.25, 0.3) is 0 Å². The second kappa shape index (κ2) is 18.7. The Balaban J connectivity index is 1.33. The molecule has 1 aromatic heterocycles. The number of esters is 1. The monoisotopic (exact) mass is 879 g/mol. The lowest BCUT2D eigenvalue weighted by molar-refractivity contribution is 0.0514. The third kappa shape index (κ3) is 8.67. The van der Waals surface area contributed by atoms with Gasteiger partial charge in [-0.3, -0.25) is 0 Å². The van der Waals surface area contributed by atoms with Crippen molar-refractivity contribution in [3.63, 3.8) is 0 Å². The molecule has 0 amide bonds. The summed E-state index contributed by atoms with van der Waals surface area (Å²) in [7, 11) is 4.87. The normalized spacial score (nSPS) is 11.6. The SMILES string of the molecule is CCOC(=O)c1c(-c2cc(OC)c(OCc3ccccc3)cc2Br)c(-c2ccc(OCc3ccccc3)c(OC)c2)c2n1CCc1cc(OCc3ccccc3)c(OC)cc1-2. The molecule has 9 nitrogen and oxygen atoms in total. The molecule has 310 valence electrons. The van der Waals surface area contributed by atoms with Crippen molar-refractivity contribution in [3.8, 4) is 68.0 Å². The number of halogens is 1. The molecule has 0 spiro atoms. The number of ether oxygens (including phenoxy) is 7. The summed E-state index contributed by atoms with van der Waals surface area (Å²) in [6.45, 7) is 3.59. The lowest BCUT2D eigenvalue weighted by Gasteiger charge is -2.24. The Bertz CT molecular complexity index is 2640. The summed E-state index contributed by atoms with van der Waals surface area (Å²) in [5.41, 5.74) is 9.23. The Hall–Kier alpha value is -6.65. The number of methoxy groups -OCH3 is 3. The lowest BCUT2D eigenvalue weighted by Crippen LogP contribution is -2.18. The average molecular weight is 881 g/mol. The van der Waals surface area contributed by atoms with E-state index >= 15 is 0 Å². The van der Waals surface area contributed by atoms with Crippen LogP contribution in [-0.4, -0.2) is 38.5 Å². The fourth-order valence-electron chi connectivity index (χ4n) is 7.76. The van der Waals surface area contributed by atoms with Crippen LogP contribution in [0, 0.1) is 0 Å². The number of nitrogens with zero attached hydrogens (tertiary/aromatic N) is 1. The van der Waals surface area contributed by atoms with E-state index in [0.717, 1.165) is 44.6 Å². The van der Waals surface area contributed by atoms with Crippen LogP contribution in [0.1, 0.15) is 39.7 Å². The molecule has 0 radical (unpaired) electrons. The van der Waals surface area contributed by atoms with Gasteiger partial charge in [0, 0.05) is 33.3 Å². The number of aryl methyl sites for hydroxylation is 1.